The first-order chi connectivity index (χ1) is 23.4. The van der Waals surface area contributed by atoms with Gasteiger partial charge in [0.1, 0.15) is 19.2 Å². The third-order valence-electron chi connectivity index (χ3n) is 7.81. The SMILES string of the molecule is [2H]C([2H])(OC(=O)CCCCCCCC=CCCCCCCCC)C([2H])(O)C([2H])([2H])OC(=O)CCCCCCCC=CCCCCCCCC. The quantitative estimate of drug-likeness (QED) is 0.0437. The number of hydrogen-bond donors (Lipinski definition) is 1. The average Bonchev–Trinajstić information content (AvgIpc) is 3.04. The Morgan fingerprint density at radius 1 is 0.523 bits per heavy atom. The lowest BCUT2D eigenvalue weighted by Gasteiger charge is -2.12. The van der Waals surface area contributed by atoms with Gasteiger partial charge in [0, 0.05) is 12.8 Å². The van der Waals surface area contributed by atoms with E-state index in [0.717, 1.165) is 77.0 Å². The zero-order chi connectivity index (χ0) is 36.7. The third kappa shape index (κ3) is 34.9. The molecular weight excluding hydrogens is 548 g/mol. The van der Waals surface area contributed by atoms with E-state index in [2.05, 4.69) is 38.2 Å². The van der Waals surface area contributed by atoms with Crippen molar-refractivity contribution in [2.45, 2.75) is 200 Å². The Labute approximate surface area is 280 Å². The fraction of sp³-hybridized carbons (Fsp3) is 0.846. The van der Waals surface area contributed by atoms with Crippen LogP contribution in [-0.4, -0.2) is 36.2 Å². The minimum Gasteiger partial charge on any atom is -0.463 e. The molecule has 0 aromatic rings. The topological polar surface area (TPSA) is 72.8 Å². The number of aliphatic hydroxyl groups is 1. The van der Waals surface area contributed by atoms with Crippen molar-refractivity contribution in [1.82, 2.24) is 0 Å². The van der Waals surface area contributed by atoms with Gasteiger partial charge in [-0.25, -0.2) is 0 Å². The molecule has 0 bridgehead atoms. The van der Waals surface area contributed by atoms with Crippen molar-refractivity contribution >= 4 is 11.9 Å². The summed E-state index contributed by atoms with van der Waals surface area (Å²) in [4.78, 5) is 24.5. The van der Waals surface area contributed by atoms with E-state index in [1.54, 1.807) is 0 Å². The number of esters is 2. The molecule has 0 aromatic carbocycles. The summed E-state index contributed by atoms with van der Waals surface area (Å²) in [5, 5.41) is 10.4. The molecule has 5 heteroatoms. The van der Waals surface area contributed by atoms with Crippen LogP contribution in [0, 0.1) is 0 Å². The first kappa shape index (κ1) is 33.7. The summed E-state index contributed by atoms with van der Waals surface area (Å²) in [5.74, 6) is -1.97. The maximum Gasteiger partial charge on any atom is 0.305 e. The Hall–Kier alpha value is -1.62. The molecule has 0 aliphatic rings. The van der Waals surface area contributed by atoms with E-state index in [4.69, 9.17) is 16.3 Å². The lowest BCUT2D eigenvalue weighted by atomic mass is 10.1. The monoisotopic (exact) mass is 626 g/mol. The molecular formula is C39H72O5. The maximum atomic E-state index is 12.3. The van der Waals surface area contributed by atoms with Gasteiger partial charge in [0.15, 0.2) is 0 Å². The Kier molecular flexibility index (Phi) is 27.5. The van der Waals surface area contributed by atoms with Crippen LogP contribution in [0.3, 0.4) is 0 Å². The van der Waals surface area contributed by atoms with Crippen LogP contribution in [-0.2, 0) is 19.1 Å². The van der Waals surface area contributed by atoms with E-state index in [9.17, 15) is 14.7 Å². The second kappa shape index (κ2) is 35.9. The van der Waals surface area contributed by atoms with Crippen LogP contribution in [0.4, 0.5) is 0 Å². The molecule has 0 aliphatic carbocycles. The molecule has 0 heterocycles. The zero-order valence-corrected chi connectivity index (χ0v) is 28.7. The van der Waals surface area contributed by atoms with Crippen molar-refractivity contribution < 1.29 is 31.0 Å². The highest BCUT2D eigenvalue weighted by atomic mass is 16.6. The van der Waals surface area contributed by atoms with Gasteiger partial charge in [0.05, 0.1) is 6.85 Å². The van der Waals surface area contributed by atoms with Gasteiger partial charge < -0.3 is 14.6 Å². The average molecular weight is 626 g/mol. The van der Waals surface area contributed by atoms with Gasteiger partial charge in [0.2, 0.25) is 0 Å². The predicted molar refractivity (Wildman–Crippen MR) is 187 cm³/mol. The van der Waals surface area contributed by atoms with Gasteiger partial charge in [-0.2, -0.15) is 0 Å². The van der Waals surface area contributed by atoms with E-state index >= 15 is 0 Å². The molecule has 44 heavy (non-hydrogen) atoms. The number of unbranched alkanes of at least 4 members (excludes halogenated alkanes) is 22. The number of carbonyl (C=O) groups is 2. The number of allylic oxidation sites excluding steroid dienone is 4. The minimum absolute atomic E-state index is 0.119. The van der Waals surface area contributed by atoms with E-state index in [1.807, 2.05) is 0 Å². The summed E-state index contributed by atoms with van der Waals surface area (Å²) in [6, 6.07) is 0. The summed E-state index contributed by atoms with van der Waals surface area (Å²) in [5.41, 5.74) is 0. The van der Waals surface area contributed by atoms with Crippen molar-refractivity contribution in [3.63, 3.8) is 0 Å². The molecule has 0 fully saturated rings. The fourth-order valence-corrected chi connectivity index (χ4v) is 5.01. The second-order valence-corrected chi connectivity index (χ2v) is 12.2. The summed E-state index contributed by atoms with van der Waals surface area (Å²) in [6.07, 6.45) is 33.5. The van der Waals surface area contributed by atoms with Crippen LogP contribution >= 0.6 is 0 Å². The van der Waals surface area contributed by atoms with Crippen molar-refractivity contribution in [3.8, 4) is 0 Å². The van der Waals surface area contributed by atoms with Gasteiger partial charge in [0.25, 0.3) is 0 Å². The van der Waals surface area contributed by atoms with Crippen molar-refractivity contribution in [2.24, 2.45) is 0 Å². The van der Waals surface area contributed by atoms with E-state index < -0.39 is 31.1 Å². The molecule has 258 valence electrons. The van der Waals surface area contributed by atoms with Gasteiger partial charge in [-0.1, -0.05) is 141 Å². The van der Waals surface area contributed by atoms with Crippen LogP contribution in [0.5, 0.6) is 0 Å². The molecule has 0 radical (unpaired) electrons. The first-order valence-electron chi connectivity index (χ1n) is 20.9. The van der Waals surface area contributed by atoms with Crippen LogP contribution in [0.15, 0.2) is 24.3 Å². The highest BCUT2D eigenvalue weighted by Gasteiger charge is 2.12. The Bertz CT molecular complexity index is 808. The van der Waals surface area contributed by atoms with E-state index in [-0.39, 0.29) is 12.8 Å². The largest absolute Gasteiger partial charge is 0.463 e. The standard InChI is InChI=1S/C39H72O5/c1-3-5-7-9-11-13-15-17-19-21-23-25-27-29-31-33-38(41)43-35-37(40)36-44-39(42)34-32-30-28-26-24-22-20-18-16-14-12-10-8-6-4-2/h17-20,37,40H,3-16,21-36H2,1-2H3/i35D2,36D2,37D. The Morgan fingerprint density at radius 2 is 0.795 bits per heavy atom. The smallest absolute Gasteiger partial charge is 0.305 e. The van der Waals surface area contributed by atoms with Gasteiger partial charge >= 0.3 is 11.9 Å². The molecule has 0 saturated heterocycles. The molecule has 0 atom stereocenters. The summed E-state index contributed by atoms with van der Waals surface area (Å²) < 4.78 is 49.0. The van der Waals surface area contributed by atoms with Crippen LogP contribution < -0.4 is 0 Å². The molecule has 0 unspecified atom stereocenters. The fourth-order valence-electron chi connectivity index (χ4n) is 5.01. The van der Waals surface area contributed by atoms with Crippen molar-refractivity contribution in [3.05, 3.63) is 24.3 Å². The van der Waals surface area contributed by atoms with Gasteiger partial charge in [-0.15, -0.1) is 0 Å². The lowest BCUT2D eigenvalue weighted by molar-refractivity contribution is -0.152. The van der Waals surface area contributed by atoms with Crippen LogP contribution in [0.1, 0.15) is 200 Å². The lowest BCUT2D eigenvalue weighted by Crippen LogP contribution is -2.25. The summed E-state index contributed by atoms with van der Waals surface area (Å²) >= 11 is 0. The van der Waals surface area contributed by atoms with Crippen molar-refractivity contribution in [2.75, 3.05) is 13.1 Å². The van der Waals surface area contributed by atoms with Crippen LogP contribution in [0.25, 0.3) is 0 Å². The van der Waals surface area contributed by atoms with Crippen LogP contribution in [0.2, 0.25) is 0 Å². The molecule has 1 N–H and O–H groups in total. The molecule has 0 aromatic heterocycles. The molecule has 0 spiro atoms. The summed E-state index contributed by atoms with van der Waals surface area (Å²) in [7, 11) is 0. The van der Waals surface area contributed by atoms with Gasteiger partial charge in [-0.3, -0.25) is 9.59 Å². The predicted octanol–water partition coefficient (Wildman–Crippen LogP) is 11.5. The number of ether oxygens (including phenoxy) is 2. The summed E-state index contributed by atoms with van der Waals surface area (Å²) in [6.45, 7) is -2.41. The molecule has 0 rings (SSSR count). The third-order valence-corrected chi connectivity index (χ3v) is 7.81. The first-order valence-corrected chi connectivity index (χ1v) is 18.4. The molecule has 5 nitrogen and oxygen atoms in total. The Balaban J connectivity index is 4.10. The molecule has 0 aliphatic heterocycles. The normalized spacial score (nSPS) is 15.4. The number of rotatable bonds is 34. The zero-order valence-electron chi connectivity index (χ0n) is 33.7. The van der Waals surface area contributed by atoms with Gasteiger partial charge in [-0.05, 0) is 64.2 Å². The molecule has 0 saturated carbocycles. The Morgan fingerprint density at radius 3 is 1.11 bits per heavy atom. The van der Waals surface area contributed by atoms with E-state index in [0.29, 0.717) is 12.8 Å². The second-order valence-electron chi connectivity index (χ2n) is 12.2. The number of carbonyl (C=O) groups excluding carboxylic acids is 2. The van der Waals surface area contributed by atoms with E-state index in [1.165, 1.54) is 77.0 Å². The maximum absolute atomic E-state index is 12.3. The highest BCUT2D eigenvalue weighted by Crippen LogP contribution is 2.12. The highest BCUT2D eigenvalue weighted by molar-refractivity contribution is 5.69. The van der Waals surface area contributed by atoms with Crippen molar-refractivity contribution in [1.29, 1.82) is 0 Å². The minimum atomic E-state index is -3.66. The number of hydrogen-bond acceptors (Lipinski definition) is 5. The molecule has 0 amide bonds.